The molecule has 19 heavy (non-hydrogen) atoms. The third-order valence-corrected chi connectivity index (χ3v) is 3.96. The molecule has 0 saturated carbocycles. The van der Waals surface area contributed by atoms with Crippen LogP contribution in [0.4, 0.5) is 0 Å². The Balaban J connectivity index is 2.21. The van der Waals surface area contributed by atoms with Gasteiger partial charge in [-0.1, -0.05) is 30.3 Å². The van der Waals surface area contributed by atoms with Gasteiger partial charge in [-0.2, -0.15) is 0 Å². The molecule has 0 fully saturated rings. The van der Waals surface area contributed by atoms with Crippen LogP contribution >= 0.6 is 22.6 Å². The van der Waals surface area contributed by atoms with Gasteiger partial charge in [-0.3, -0.25) is 0 Å². The van der Waals surface area contributed by atoms with Gasteiger partial charge in [0.1, 0.15) is 5.75 Å². The van der Waals surface area contributed by atoms with E-state index in [0.29, 0.717) is 6.04 Å². The Morgan fingerprint density at radius 1 is 1.11 bits per heavy atom. The fourth-order valence-corrected chi connectivity index (χ4v) is 2.53. The van der Waals surface area contributed by atoms with Crippen LogP contribution in [0, 0.1) is 3.57 Å². The van der Waals surface area contributed by atoms with Crippen LogP contribution in [0.15, 0.2) is 48.5 Å². The molecule has 0 saturated heterocycles. The number of benzene rings is 2. The second-order valence-corrected chi connectivity index (χ2v) is 5.65. The molecule has 0 spiro atoms. The van der Waals surface area contributed by atoms with Gasteiger partial charge in [-0.05, 0) is 65.4 Å². The highest BCUT2D eigenvalue weighted by molar-refractivity contribution is 14.1. The summed E-state index contributed by atoms with van der Waals surface area (Å²) >= 11 is 2.33. The van der Waals surface area contributed by atoms with Crippen molar-refractivity contribution in [3.05, 3.63) is 63.2 Å². The van der Waals surface area contributed by atoms with Gasteiger partial charge < -0.3 is 10.1 Å². The van der Waals surface area contributed by atoms with Gasteiger partial charge in [0.05, 0.1) is 7.11 Å². The van der Waals surface area contributed by atoms with E-state index in [4.69, 9.17) is 4.74 Å². The van der Waals surface area contributed by atoms with Crippen molar-refractivity contribution in [3.8, 4) is 5.75 Å². The predicted molar refractivity (Wildman–Crippen MR) is 87.7 cm³/mol. The fraction of sp³-hybridized carbons (Fsp3) is 0.250. The number of hydrogen-bond donors (Lipinski definition) is 1. The van der Waals surface area contributed by atoms with E-state index >= 15 is 0 Å². The molecule has 0 radical (unpaired) electrons. The molecule has 0 aliphatic carbocycles. The van der Waals surface area contributed by atoms with Crippen LogP contribution in [0.25, 0.3) is 0 Å². The number of nitrogens with one attached hydrogen (secondary N) is 1. The van der Waals surface area contributed by atoms with Gasteiger partial charge in [-0.15, -0.1) is 0 Å². The van der Waals surface area contributed by atoms with E-state index in [1.54, 1.807) is 7.11 Å². The predicted octanol–water partition coefficient (Wildman–Crippen LogP) is 3.80. The molecule has 3 heteroatoms. The minimum absolute atomic E-state index is 0.299. The minimum Gasteiger partial charge on any atom is -0.496 e. The minimum atomic E-state index is 0.299. The average molecular weight is 367 g/mol. The van der Waals surface area contributed by atoms with Crippen molar-refractivity contribution in [1.82, 2.24) is 5.32 Å². The van der Waals surface area contributed by atoms with E-state index < -0.39 is 0 Å². The molecule has 2 aromatic carbocycles. The summed E-state index contributed by atoms with van der Waals surface area (Å²) in [5.74, 6) is 0.952. The second-order valence-electron chi connectivity index (χ2n) is 4.41. The summed E-state index contributed by atoms with van der Waals surface area (Å²) in [7, 11) is 3.72. The maximum atomic E-state index is 5.42. The molecule has 0 aromatic heterocycles. The highest BCUT2D eigenvalue weighted by atomic mass is 127. The molecule has 2 rings (SSSR count). The molecular formula is C16H18INO. The van der Waals surface area contributed by atoms with Crippen LogP contribution in [0.5, 0.6) is 5.75 Å². The molecule has 1 N–H and O–H groups in total. The molecule has 0 aliphatic heterocycles. The number of para-hydroxylation sites is 1. The lowest BCUT2D eigenvalue weighted by Gasteiger charge is -2.18. The van der Waals surface area contributed by atoms with Crippen molar-refractivity contribution in [2.24, 2.45) is 0 Å². The molecule has 2 nitrogen and oxygen atoms in total. The summed E-state index contributed by atoms with van der Waals surface area (Å²) < 4.78 is 6.67. The van der Waals surface area contributed by atoms with E-state index in [9.17, 15) is 0 Å². The van der Waals surface area contributed by atoms with Crippen molar-refractivity contribution in [1.29, 1.82) is 0 Å². The van der Waals surface area contributed by atoms with E-state index in [2.05, 4.69) is 64.3 Å². The van der Waals surface area contributed by atoms with E-state index in [-0.39, 0.29) is 0 Å². The van der Waals surface area contributed by atoms with Crippen LogP contribution in [0.2, 0.25) is 0 Å². The highest BCUT2D eigenvalue weighted by Crippen LogP contribution is 2.25. The van der Waals surface area contributed by atoms with Crippen molar-refractivity contribution in [3.63, 3.8) is 0 Å². The Labute approximate surface area is 128 Å². The van der Waals surface area contributed by atoms with Crippen LogP contribution in [0.3, 0.4) is 0 Å². The van der Waals surface area contributed by atoms with Gasteiger partial charge >= 0.3 is 0 Å². The lowest BCUT2D eigenvalue weighted by atomic mass is 9.98. The van der Waals surface area contributed by atoms with Crippen LogP contribution in [-0.4, -0.2) is 14.2 Å². The van der Waals surface area contributed by atoms with Crippen molar-refractivity contribution >= 4 is 22.6 Å². The summed E-state index contributed by atoms with van der Waals surface area (Å²) in [4.78, 5) is 0. The molecule has 100 valence electrons. The zero-order chi connectivity index (χ0) is 13.7. The Kier molecular flexibility index (Phi) is 5.22. The van der Waals surface area contributed by atoms with E-state index in [1.165, 1.54) is 14.7 Å². The van der Waals surface area contributed by atoms with Crippen molar-refractivity contribution < 1.29 is 4.74 Å². The third kappa shape index (κ3) is 3.70. The SMILES string of the molecule is CNC(Cc1ccccc1OC)c1ccc(I)cc1. The number of rotatable bonds is 5. The van der Waals surface area contributed by atoms with E-state index in [1.807, 2.05) is 19.2 Å². The van der Waals surface area contributed by atoms with Crippen LogP contribution in [-0.2, 0) is 6.42 Å². The number of halogens is 1. The van der Waals surface area contributed by atoms with E-state index in [0.717, 1.165) is 12.2 Å². The van der Waals surface area contributed by atoms with Gasteiger partial charge in [0.15, 0.2) is 0 Å². The first-order valence-electron chi connectivity index (χ1n) is 6.29. The Morgan fingerprint density at radius 3 is 2.42 bits per heavy atom. The van der Waals surface area contributed by atoms with Crippen LogP contribution < -0.4 is 10.1 Å². The summed E-state index contributed by atoms with van der Waals surface area (Å²) in [6, 6.07) is 17.1. The first-order chi connectivity index (χ1) is 9.24. The topological polar surface area (TPSA) is 21.3 Å². The van der Waals surface area contributed by atoms with Crippen molar-refractivity contribution in [2.45, 2.75) is 12.5 Å². The first-order valence-corrected chi connectivity index (χ1v) is 7.37. The molecule has 2 aromatic rings. The molecular weight excluding hydrogens is 349 g/mol. The smallest absolute Gasteiger partial charge is 0.122 e. The lowest BCUT2D eigenvalue weighted by molar-refractivity contribution is 0.406. The normalized spacial score (nSPS) is 12.2. The lowest BCUT2D eigenvalue weighted by Crippen LogP contribution is -2.19. The monoisotopic (exact) mass is 367 g/mol. The second kappa shape index (κ2) is 6.91. The molecule has 0 heterocycles. The summed E-state index contributed by atoms with van der Waals surface area (Å²) in [5, 5.41) is 3.38. The first kappa shape index (κ1) is 14.3. The molecule has 0 aliphatic rings. The number of hydrogen-bond acceptors (Lipinski definition) is 2. The summed E-state index contributed by atoms with van der Waals surface area (Å²) in [5.41, 5.74) is 2.52. The largest absolute Gasteiger partial charge is 0.496 e. The standard InChI is InChI=1S/C16H18INO/c1-18-15(12-7-9-14(17)10-8-12)11-13-5-3-4-6-16(13)19-2/h3-10,15,18H,11H2,1-2H3. The Hall–Kier alpha value is -1.07. The molecule has 0 amide bonds. The summed E-state index contributed by atoms with van der Waals surface area (Å²) in [6.07, 6.45) is 0.918. The van der Waals surface area contributed by atoms with Crippen molar-refractivity contribution in [2.75, 3.05) is 14.2 Å². The summed E-state index contributed by atoms with van der Waals surface area (Å²) in [6.45, 7) is 0. The zero-order valence-electron chi connectivity index (χ0n) is 11.2. The third-order valence-electron chi connectivity index (χ3n) is 3.24. The van der Waals surface area contributed by atoms with Gasteiger partial charge in [0.2, 0.25) is 0 Å². The number of methoxy groups -OCH3 is 1. The molecule has 1 atom stereocenters. The zero-order valence-corrected chi connectivity index (χ0v) is 13.3. The maximum Gasteiger partial charge on any atom is 0.122 e. The number of likely N-dealkylation sites (N-methyl/N-ethyl adjacent to an activating group) is 1. The van der Waals surface area contributed by atoms with Gasteiger partial charge in [0.25, 0.3) is 0 Å². The number of ether oxygens (including phenoxy) is 1. The average Bonchev–Trinajstić information content (AvgIpc) is 2.46. The molecule has 1 unspecified atom stereocenters. The Bertz CT molecular complexity index is 525. The highest BCUT2D eigenvalue weighted by Gasteiger charge is 2.12. The Morgan fingerprint density at radius 2 is 1.79 bits per heavy atom. The van der Waals surface area contributed by atoms with Crippen LogP contribution in [0.1, 0.15) is 17.2 Å². The fourth-order valence-electron chi connectivity index (χ4n) is 2.17. The maximum absolute atomic E-state index is 5.42. The van der Waals surface area contributed by atoms with Gasteiger partial charge in [0, 0.05) is 9.61 Å². The molecule has 0 bridgehead atoms. The quantitative estimate of drug-likeness (QED) is 0.812. The van der Waals surface area contributed by atoms with Gasteiger partial charge in [-0.25, -0.2) is 0 Å².